The third-order valence-corrected chi connectivity index (χ3v) is 6.09. The Kier molecular flexibility index (Phi) is 4.36. The Morgan fingerprint density at radius 1 is 1.50 bits per heavy atom. The summed E-state index contributed by atoms with van der Waals surface area (Å²) < 4.78 is 7.58. The van der Waals surface area contributed by atoms with E-state index >= 15 is 0 Å². The number of nitrogens with one attached hydrogen (secondary N) is 1. The van der Waals surface area contributed by atoms with Gasteiger partial charge in [-0.3, -0.25) is 0 Å². The molecule has 5 heteroatoms. The number of halogens is 2. The van der Waals surface area contributed by atoms with Crippen LogP contribution < -0.4 is 10.1 Å². The van der Waals surface area contributed by atoms with Gasteiger partial charge in [0.2, 0.25) is 0 Å². The summed E-state index contributed by atoms with van der Waals surface area (Å²) in [5.41, 5.74) is 1.28. The van der Waals surface area contributed by atoms with E-state index < -0.39 is 0 Å². The summed E-state index contributed by atoms with van der Waals surface area (Å²) in [7, 11) is 0. The molecule has 0 saturated heterocycles. The molecule has 0 spiro atoms. The zero-order chi connectivity index (χ0) is 14.1. The summed E-state index contributed by atoms with van der Waals surface area (Å²) in [5, 5.41) is 3.57. The van der Waals surface area contributed by atoms with Crippen molar-refractivity contribution in [1.82, 2.24) is 5.32 Å². The first-order chi connectivity index (χ1) is 9.70. The number of hydrogen-bond donors (Lipinski definition) is 1. The van der Waals surface area contributed by atoms with Crippen molar-refractivity contribution < 1.29 is 4.74 Å². The summed E-state index contributed by atoms with van der Waals surface area (Å²) in [5.74, 6) is 1.33. The first kappa shape index (κ1) is 14.4. The van der Waals surface area contributed by atoms with Gasteiger partial charge >= 0.3 is 0 Å². The number of likely N-dealkylation sites (N-methyl/N-ethyl adjacent to an activating group) is 1. The van der Waals surface area contributed by atoms with Crippen molar-refractivity contribution >= 4 is 38.9 Å². The average molecular weight is 373 g/mol. The number of hydrogen-bond acceptors (Lipinski definition) is 3. The summed E-state index contributed by atoms with van der Waals surface area (Å²) >= 11 is 11.3. The van der Waals surface area contributed by atoms with Gasteiger partial charge in [0.25, 0.3) is 0 Å². The lowest BCUT2D eigenvalue weighted by atomic mass is 9.92. The van der Waals surface area contributed by atoms with Crippen molar-refractivity contribution in [2.24, 2.45) is 0 Å². The highest BCUT2D eigenvalue weighted by Gasteiger charge is 2.32. The Hall–Kier alpha value is -0.550. The molecule has 1 aromatic carbocycles. The summed E-state index contributed by atoms with van der Waals surface area (Å²) in [6.07, 6.45) is 0. The minimum Gasteiger partial charge on any atom is -0.493 e. The van der Waals surface area contributed by atoms with Crippen LogP contribution in [0.5, 0.6) is 5.75 Å². The van der Waals surface area contributed by atoms with Gasteiger partial charge in [0.1, 0.15) is 10.1 Å². The smallest absolute Gasteiger partial charge is 0.122 e. The zero-order valence-corrected chi connectivity index (χ0v) is 14.2. The van der Waals surface area contributed by atoms with Crippen molar-refractivity contribution in [3.63, 3.8) is 0 Å². The molecule has 20 heavy (non-hydrogen) atoms. The average Bonchev–Trinajstić information content (AvgIpc) is 3.01. The van der Waals surface area contributed by atoms with Crippen LogP contribution in [0.15, 0.2) is 34.8 Å². The fourth-order valence-electron chi connectivity index (χ4n) is 2.64. The molecule has 2 heterocycles. The fourth-order valence-corrected chi connectivity index (χ4v) is 4.52. The quantitative estimate of drug-likeness (QED) is 0.816. The highest BCUT2D eigenvalue weighted by Crippen LogP contribution is 2.45. The monoisotopic (exact) mass is 371 g/mol. The normalized spacial score (nSPS) is 18.6. The molecule has 0 radical (unpaired) electrons. The first-order valence-corrected chi connectivity index (χ1v) is 8.59. The highest BCUT2D eigenvalue weighted by molar-refractivity contribution is 9.10. The van der Waals surface area contributed by atoms with Crippen LogP contribution in [0, 0.1) is 0 Å². The number of thiophene rings is 1. The maximum Gasteiger partial charge on any atom is 0.122 e. The Morgan fingerprint density at radius 2 is 2.30 bits per heavy atom. The minimum absolute atomic E-state index is 0.234. The van der Waals surface area contributed by atoms with E-state index in [2.05, 4.69) is 46.4 Å². The van der Waals surface area contributed by atoms with Crippen molar-refractivity contribution in [2.75, 3.05) is 13.2 Å². The van der Waals surface area contributed by atoms with Gasteiger partial charge in [-0.2, -0.15) is 0 Å². The van der Waals surface area contributed by atoms with E-state index in [0.29, 0.717) is 12.5 Å². The van der Waals surface area contributed by atoms with Crippen LogP contribution >= 0.6 is 38.9 Å². The molecule has 2 atom stereocenters. The third kappa shape index (κ3) is 2.62. The van der Waals surface area contributed by atoms with Crippen LogP contribution in [0.3, 0.4) is 0 Å². The third-order valence-electron chi connectivity index (χ3n) is 3.53. The van der Waals surface area contributed by atoms with Gasteiger partial charge in [-0.1, -0.05) is 36.7 Å². The number of fused-ring (bicyclic) bond motifs is 1. The molecule has 2 unspecified atom stereocenters. The molecule has 0 saturated carbocycles. The molecule has 2 aromatic rings. The van der Waals surface area contributed by atoms with Crippen LogP contribution in [-0.2, 0) is 0 Å². The van der Waals surface area contributed by atoms with E-state index in [4.69, 9.17) is 16.3 Å². The van der Waals surface area contributed by atoms with Crippen LogP contribution in [0.2, 0.25) is 4.34 Å². The SMILES string of the molecule is CCNC(c1cc(Br)c(Cl)s1)C1COc2ccccc21. The van der Waals surface area contributed by atoms with Gasteiger partial charge in [-0.15, -0.1) is 11.3 Å². The fraction of sp³-hybridized carbons (Fsp3) is 0.333. The van der Waals surface area contributed by atoms with Gasteiger partial charge in [0.15, 0.2) is 0 Å². The van der Waals surface area contributed by atoms with Crippen LogP contribution in [0.25, 0.3) is 0 Å². The van der Waals surface area contributed by atoms with Crippen molar-refractivity contribution in [3.8, 4) is 5.75 Å². The Labute approximate surface area is 136 Å². The zero-order valence-electron chi connectivity index (χ0n) is 11.0. The van der Waals surface area contributed by atoms with E-state index in [1.807, 2.05) is 12.1 Å². The van der Waals surface area contributed by atoms with Gasteiger partial charge in [0.05, 0.1) is 12.6 Å². The standard InChI is InChI=1S/C15H15BrClNOS/c1-2-18-14(13-7-11(16)15(17)20-13)10-8-19-12-6-4-3-5-9(10)12/h3-7,10,14,18H,2,8H2,1H3. The predicted octanol–water partition coefficient (Wildman–Crippen LogP) is 4.99. The lowest BCUT2D eigenvalue weighted by Gasteiger charge is -2.22. The molecule has 106 valence electrons. The summed E-state index contributed by atoms with van der Waals surface area (Å²) in [6.45, 7) is 3.75. The molecule has 3 rings (SSSR count). The van der Waals surface area contributed by atoms with Crippen LogP contribution in [0.4, 0.5) is 0 Å². The van der Waals surface area contributed by atoms with Crippen molar-refractivity contribution in [2.45, 2.75) is 18.9 Å². The Balaban J connectivity index is 1.96. The van der Waals surface area contributed by atoms with Gasteiger partial charge in [0, 0.05) is 20.8 Å². The molecule has 0 bridgehead atoms. The largest absolute Gasteiger partial charge is 0.493 e. The van der Waals surface area contributed by atoms with Gasteiger partial charge < -0.3 is 10.1 Å². The van der Waals surface area contributed by atoms with Crippen molar-refractivity contribution in [1.29, 1.82) is 0 Å². The summed E-state index contributed by atoms with van der Waals surface area (Å²) in [4.78, 5) is 1.24. The van der Waals surface area contributed by atoms with Gasteiger partial charge in [-0.25, -0.2) is 0 Å². The molecule has 0 amide bonds. The van der Waals surface area contributed by atoms with E-state index in [-0.39, 0.29) is 6.04 Å². The second-order valence-corrected chi connectivity index (χ2v) is 7.30. The lowest BCUT2D eigenvalue weighted by molar-refractivity contribution is 0.302. The molecule has 2 nitrogen and oxygen atoms in total. The van der Waals surface area contributed by atoms with Gasteiger partial charge in [-0.05, 0) is 34.6 Å². The Morgan fingerprint density at radius 3 is 3.00 bits per heavy atom. The molecule has 0 aliphatic carbocycles. The van der Waals surface area contributed by atoms with E-state index in [0.717, 1.165) is 21.1 Å². The number of para-hydroxylation sites is 1. The number of benzene rings is 1. The molecule has 1 N–H and O–H groups in total. The second-order valence-electron chi connectivity index (χ2n) is 4.76. The Bertz CT molecular complexity index is 596. The maximum atomic E-state index is 6.19. The topological polar surface area (TPSA) is 21.3 Å². The molecule has 1 aliphatic rings. The molecule has 1 aliphatic heterocycles. The first-order valence-electron chi connectivity index (χ1n) is 6.60. The number of ether oxygens (including phenoxy) is 1. The minimum atomic E-state index is 0.234. The van der Waals surface area contributed by atoms with E-state index in [9.17, 15) is 0 Å². The van der Waals surface area contributed by atoms with Crippen molar-refractivity contribution in [3.05, 3.63) is 49.6 Å². The summed E-state index contributed by atoms with van der Waals surface area (Å²) in [6, 6.07) is 10.6. The number of rotatable bonds is 4. The maximum absolute atomic E-state index is 6.19. The van der Waals surface area contributed by atoms with Crippen LogP contribution in [0.1, 0.15) is 29.3 Å². The van der Waals surface area contributed by atoms with E-state index in [1.54, 1.807) is 11.3 Å². The lowest BCUT2D eigenvalue weighted by Crippen LogP contribution is -2.27. The van der Waals surface area contributed by atoms with E-state index in [1.165, 1.54) is 10.4 Å². The van der Waals surface area contributed by atoms with Crippen LogP contribution in [-0.4, -0.2) is 13.2 Å². The second kappa shape index (κ2) is 6.06. The molecule has 0 fully saturated rings. The highest BCUT2D eigenvalue weighted by atomic mass is 79.9. The molecular weight excluding hydrogens is 358 g/mol. The predicted molar refractivity (Wildman–Crippen MR) is 88.1 cm³/mol. The molecule has 1 aromatic heterocycles. The molecular formula is C15H15BrClNOS.